The molecular weight excluding hydrogens is 390 g/mol. The number of anilines is 1. The van der Waals surface area contributed by atoms with Crippen molar-refractivity contribution in [1.29, 1.82) is 0 Å². The van der Waals surface area contributed by atoms with Gasteiger partial charge in [0, 0.05) is 18.8 Å². The highest BCUT2D eigenvalue weighted by molar-refractivity contribution is 7.99. The van der Waals surface area contributed by atoms with Gasteiger partial charge in [0.2, 0.25) is 5.91 Å². The summed E-state index contributed by atoms with van der Waals surface area (Å²) in [4.78, 5) is 32.1. The molecule has 5 nitrogen and oxygen atoms in total. The summed E-state index contributed by atoms with van der Waals surface area (Å²) in [5.74, 6) is 0.260. The number of benzene rings is 1. The Hall–Kier alpha value is -2.12. The molecule has 3 rings (SSSR count). The first-order valence-corrected chi connectivity index (χ1v) is 11.4. The second-order valence-electron chi connectivity index (χ2n) is 6.61. The van der Waals surface area contributed by atoms with Gasteiger partial charge in [-0.05, 0) is 49.4 Å². The number of carbonyl (C=O) groups is 1. The SMILES string of the molecule is CCCCn1c(SCC(=O)N(CC)c2cccc(C)c2)nc2ccsc2c1=O. The number of hydrogen-bond acceptors (Lipinski definition) is 5. The van der Waals surface area contributed by atoms with Gasteiger partial charge in [0.15, 0.2) is 5.16 Å². The number of aryl methyl sites for hydroxylation is 1. The molecule has 0 saturated carbocycles. The zero-order valence-electron chi connectivity index (χ0n) is 16.5. The standard InChI is InChI=1S/C21H25N3O2S2/c1-4-6-11-24-20(26)19-17(10-12-27-19)22-21(24)28-14-18(25)23(5-2)16-9-7-8-15(3)13-16/h7-10,12-13H,4-6,11,14H2,1-3H3. The molecule has 0 radical (unpaired) electrons. The molecule has 0 saturated heterocycles. The Morgan fingerprint density at radius 1 is 1.29 bits per heavy atom. The van der Waals surface area contributed by atoms with Crippen molar-refractivity contribution in [1.82, 2.24) is 9.55 Å². The Morgan fingerprint density at radius 2 is 2.11 bits per heavy atom. The normalized spacial score (nSPS) is 11.1. The summed E-state index contributed by atoms with van der Waals surface area (Å²) < 4.78 is 2.41. The number of nitrogens with zero attached hydrogens (tertiary/aromatic N) is 3. The number of carbonyl (C=O) groups excluding carboxylic acids is 1. The zero-order valence-corrected chi connectivity index (χ0v) is 18.1. The van der Waals surface area contributed by atoms with E-state index in [1.165, 1.54) is 23.1 Å². The lowest BCUT2D eigenvalue weighted by molar-refractivity contribution is -0.116. The predicted molar refractivity (Wildman–Crippen MR) is 119 cm³/mol. The van der Waals surface area contributed by atoms with E-state index >= 15 is 0 Å². The quantitative estimate of drug-likeness (QED) is 0.395. The van der Waals surface area contributed by atoms with Crippen LogP contribution in [0.1, 0.15) is 32.3 Å². The summed E-state index contributed by atoms with van der Waals surface area (Å²) >= 11 is 2.77. The number of aromatic nitrogens is 2. The molecule has 3 aromatic rings. The third kappa shape index (κ3) is 4.47. The molecule has 2 heterocycles. The van der Waals surface area contributed by atoms with Crippen LogP contribution in [-0.4, -0.2) is 27.8 Å². The van der Waals surface area contributed by atoms with Crippen LogP contribution in [0.3, 0.4) is 0 Å². The van der Waals surface area contributed by atoms with E-state index in [1.54, 1.807) is 9.47 Å². The van der Waals surface area contributed by atoms with Crippen LogP contribution in [0.4, 0.5) is 5.69 Å². The van der Waals surface area contributed by atoms with Crippen molar-refractivity contribution in [3.63, 3.8) is 0 Å². The summed E-state index contributed by atoms with van der Waals surface area (Å²) in [6.45, 7) is 7.31. The zero-order chi connectivity index (χ0) is 20.1. The summed E-state index contributed by atoms with van der Waals surface area (Å²) in [6, 6.07) is 9.80. The summed E-state index contributed by atoms with van der Waals surface area (Å²) in [5, 5.41) is 2.51. The van der Waals surface area contributed by atoms with Crippen LogP contribution in [0.5, 0.6) is 0 Å². The predicted octanol–water partition coefficient (Wildman–Crippen LogP) is 4.71. The molecule has 0 N–H and O–H groups in total. The first-order valence-electron chi connectivity index (χ1n) is 9.53. The van der Waals surface area contributed by atoms with E-state index < -0.39 is 0 Å². The highest BCUT2D eigenvalue weighted by Crippen LogP contribution is 2.23. The maximum atomic E-state index is 12.9. The minimum atomic E-state index is -0.00516. The Kier molecular flexibility index (Phi) is 6.91. The van der Waals surface area contributed by atoms with Gasteiger partial charge in [0.1, 0.15) is 4.70 Å². The molecule has 7 heteroatoms. The minimum Gasteiger partial charge on any atom is -0.312 e. The number of hydrogen-bond donors (Lipinski definition) is 0. The third-order valence-electron chi connectivity index (χ3n) is 4.52. The van der Waals surface area contributed by atoms with Gasteiger partial charge in [-0.2, -0.15) is 0 Å². The van der Waals surface area contributed by atoms with Gasteiger partial charge in [-0.3, -0.25) is 14.2 Å². The van der Waals surface area contributed by atoms with Crippen molar-refractivity contribution >= 4 is 44.9 Å². The van der Waals surface area contributed by atoms with Crippen LogP contribution >= 0.6 is 23.1 Å². The second-order valence-corrected chi connectivity index (χ2v) is 8.46. The molecular formula is C21H25N3O2S2. The number of unbranched alkanes of at least 4 members (excludes halogenated alkanes) is 1. The van der Waals surface area contributed by atoms with E-state index in [9.17, 15) is 9.59 Å². The van der Waals surface area contributed by atoms with Crippen molar-refractivity contribution in [3.8, 4) is 0 Å². The first kappa shape index (κ1) is 20.6. The molecule has 2 aromatic heterocycles. The number of fused-ring (bicyclic) bond motifs is 1. The van der Waals surface area contributed by atoms with E-state index in [-0.39, 0.29) is 17.2 Å². The molecule has 1 amide bonds. The fourth-order valence-corrected chi connectivity index (χ4v) is 4.73. The van der Waals surface area contributed by atoms with Crippen molar-refractivity contribution in [2.45, 2.75) is 45.3 Å². The van der Waals surface area contributed by atoms with E-state index in [0.29, 0.717) is 28.5 Å². The monoisotopic (exact) mass is 415 g/mol. The Morgan fingerprint density at radius 3 is 2.82 bits per heavy atom. The largest absolute Gasteiger partial charge is 0.312 e. The van der Waals surface area contributed by atoms with Crippen LogP contribution < -0.4 is 10.5 Å². The molecule has 0 fully saturated rings. The second kappa shape index (κ2) is 9.39. The smallest absolute Gasteiger partial charge is 0.272 e. The lowest BCUT2D eigenvalue weighted by atomic mass is 10.2. The molecule has 0 bridgehead atoms. The molecule has 148 valence electrons. The van der Waals surface area contributed by atoms with Crippen molar-refractivity contribution in [3.05, 3.63) is 51.6 Å². The average Bonchev–Trinajstić information content (AvgIpc) is 3.15. The van der Waals surface area contributed by atoms with Crippen LogP contribution in [0.25, 0.3) is 10.2 Å². The van der Waals surface area contributed by atoms with Crippen LogP contribution in [0, 0.1) is 6.92 Å². The van der Waals surface area contributed by atoms with Crippen LogP contribution in [0.15, 0.2) is 45.7 Å². The Balaban J connectivity index is 1.83. The highest BCUT2D eigenvalue weighted by atomic mass is 32.2. The van der Waals surface area contributed by atoms with E-state index in [2.05, 4.69) is 11.9 Å². The van der Waals surface area contributed by atoms with Crippen molar-refractivity contribution in [2.24, 2.45) is 0 Å². The Labute approximate surface area is 173 Å². The molecule has 0 spiro atoms. The van der Waals surface area contributed by atoms with Crippen molar-refractivity contribution in [2.75, 3.05) is 17.2 Å². The van der Waals surface area contributed by atoms with Gasteiger partial charge in [0.25, 0.3) is 5.56 Å². The molecule has 0 unspecified atom stereocenters. The van der Waals surface area contributed by atoms with Gasteiger partial charge in [-0.1, -0.05) is 37.2 Å². The maximum absolute atomic E-state index is 12.9. The lowest BCUT2D eigenvalue weighted by Crippen LogP contribution is -2.32. The molecule has 0 aliphatic carbocycles. The average molecular weight is 416 g/mol. The Bertz CT molecular complexity index is 1030. The molecule has 0 atom stereocenters. The summed E-state index contributed by atoms with van der Waals surface area (Å²) in [6.07, 6.45) is 1.90. The highest BCUT2D eigenvalue weighted by Gasteiger charge is 2.18. The molecule has 0 aliphatic heterocycles. The topological polar surface area (TPSA) is 55.2 Å². The van der Waals surface area contributed by atoms with Crippen LogP contribution in [-0.2, 0) is 11.3 Å². The van der Waals surface area contributed by atoms with Gasteiger partial charge in [0.05, 0.1) is 11.3 Å². The van der Waals surface area contributed by atoms with Gasteiger partial charge < -0.3 is 4.90 Å². The molecule has 28 heavy (non-hydrogen) atoms. The number of rotatable bonds is 8. The maximum Gasteiger partial charge on any atom is 0.272 e. The van der Waals surface area contributed by atoms with Crippen molar-refractivity contribution < 1.29 is 4.79 Å². The number of thiophene rings is 1. The van der Waals surface area contributed by atoms with E-state index in [4.69, 9.17) is 0 Å². The lowest BCUT2D eigenvalue weighted by Gasteiger charge is -2.21. The fourth-order valence-electron chi connectivity index (χ4n) is 3.05. The fraction of sp³-hybridized carbons (Fsp3) is 0.381. The minimum absolute atomic E-state index is 0.00516. The first-order chi connectivity index (χ1) is 13.5. The van der Waals surface area contributed by atoms with E-state index in [1.807, 2.05) is 49.6 Å². The number of amides is 1. The third-order valence-corrected chi connectivity index (χ3v) is 6.37. The summed E-state index contributed by atoms with van der Waals surface area (Å²) in [5.41, 5.74) is 2.73. The van der Waals surface area contributed by atoms with Gasteiger partial charge in [-0.15, -0.1) is 11.3 Å². The summed E-state index contributed by atoms with van der Waals surface area (Å²) in [7, 11) is 0. The molecule has 0 aliphatic rings. The van der Waals surface area contributed by atoms with Gasteiger partial charge >= 0.3 is 0 Å². The number of thioether (sulfide) groups is 1. The van der Waals surface area contributed by atoms with E-state index in [0.717, 1.165) is 24.1 Å². The van der Waals surface area contributed by atoms with Crippen LogP contribution in [0.2, 0.25) is 0 Å². The molecule has 1 aromatic carbocycles. The van der Waals surface area contributed by atoms with Gasteiger partial charge in [-0.25, -0.2) is 4.98 Å².